The van der Waals surface area contributed by atoms with E-state index in [0.29, 0.717) is 17.7 Å². The van der Waals surface area contributed by atoms with Crippen LogP contribution < -0.4 is 5.32 Å². The van der Waals surface area contributed by atoms with Crippen molar-refractivity contribution < 1.29 is 5.11 Å². The Balaban J connectivity index is 1.77. The van der Waals surface area contributed by atoms with Crippen molar-refractivity contribution in [2.45, 2.75) is 37.6 Å². The van der Waals surface area contributed by atoms with Crippen LogP contribution in [0.3, 0.4) is 0 Å². The summed E-state index contributed by atoms with van der Waals surface area (Å²) in [5.74, 6) is 0.901. The summed E-state index contributed by atoms with van der Waals surface area (Å²) >= 11 is 0. The Morgan fingerprint density at radius 1 is 0.850 bits per heavy atom. The van der Waals surface area contributed by atoms with E-state index >= 15 is 0 Å². The lowest BCUT2D eigenvalue weighted by Crippen LogP contribution is -2.30. The van der Waals surface area contributed by atoms with Crippen molar-refractivity contribution in [3.05, 3.63) is 60.2 Å². The molecular weight excluding hydrogens is 246 g/mol. The Kier molecular flexibility index (Phi) is 3.91. The largest absolute Gasteiger partial charge is 0.508 e. The first-order valence-electron chi connectivity index (χ1n) is 7.43. The van der Waals surface area contributed by atoms with Crippen LogP contribution >= 0.6 is 0 Å². The van der Waals surface area contributed by atoms with Crippen molar-refractivity contribution in [3.63, 3.8) is 0 Å². The van der Waals surface area contributed by atoms with Crippen LogP contribution in [-0.2, 0) is 0 Å². The lowest BCUT2D eigenvalue weighted by atomic mass is 9.80. The van der Waals surface area contributed by atoms with Gasteiger partial charge in [-0.2, -0.15) is 0 Å². The van der Waals surface area contributed by atoms with Crippen molar-refractivity contribution in [1.29, 1.82) is 0 Å². The molecule has 2 unspecified atom stereocenters. The second-order valence-electron chi connectivity index (χ2n) is 5.60. The van der Waals surface area contributed by atoms with Gasteiger partial charge in [0, 0.05) is 17.6 Å². The van der Waals surface area contributed by atoms with Crippen molar-refractivity contribution in [3.8, 4) is 5.75 Å². The summed E-state index contributed by atoms with van der Waals surface area (Å²) in [5, 5.41) is 13.0. The van der Waals surface area contributed by atoms with Gasteiger partial charge in [-0.1, -0.05) is 43.2 Å². The fraction of sp³-hybridized carbons (Fsp3) is 0.333. The van der Waals surface area contributed by atoms with Crippen LogP contribution in [0.15, 0.2) is 54.6 Å². The number of hydrogen-bond donors (Lipinski definition) is 2. The van der Waals surface area contributed by atoms with E-state index in [4.69, 9.17) is 0 Å². The highest BCUT2D eigenvalue weighted by molar-refractivity contribution is 5.47. The van der Waals surface area contributed by atoms with Gasteiger partial charge in [0.15, 0.2) is 0 Å². The van der Waals surface area contributed by atoms with Crippen LogP contribution in [0.25, 0.3) is 0 Å². The van der Waals surface area contributed by atoms with Crippen LogP contribution in [0.2, 0.25) is 0 Å². The molecular formula is C18H21NO. The molecule has 0 spiro atoms. The molecule has 2 N–H and O–H groups in total. The van der Waals surface area contributed by atoms with Gasteiger partial charge in [0.25, 0.3) is 0 Å². The smallest absolute Gasteiger partial charge is 0.115 e. The highest BCUT2D eigenvalue weighted by atomic mass is 16.3. The molecule has 2 heteroatoms. The van der Waals surface area contributed by atoms with E-state index in [1.807, 2.05) is 12.1 Å². The Hall–Kier alpha value is -1.96. The zero-order chi connectivity index (χ0) is 13.8. The highest BCUT2D eigenvalue weighted by Gasteiger charge is 2.26. The zero-order valence-electron chi connectivity index (χ0n) is 11.6. The Bertz CT molecular complexity index is 535. The van der Waals surface area contributed by atoms with Crippen molar-refractivity contribution in [2.24, 2.45) is 0 Å². The summed E-state index contributed by atoms with van der Waals surface area (Å²) in [7, 11) is 0. The minimum atomic E-state index is 0.318. The van der Waals surface area contributed by atoms with E-state index in [-0.39, 0.29) is 0 Å². The van der Waals surface area contributed by atoms with Crippen molar-refractivity contribution in [2.75, 3.05) is 5.32 Å². The molecule has 1 aliphatic carbocycles. The topological polar surface area (TPSA) is 32.3 Å². The van der Waals surface area contributed by atoms with Crippen LogP contribution in [0, 0.1) is 0 Å². The molecule has 0 aromatic heterocycles. The predicted molar refractivity (Wildman–Crippen MR) is 83.2 cm³/mol. The second-order valence-corrected chi connectivity index (χ2v) is 5.60. The van der Waals surface area contributed by atoms with Crippen molar-refractivity contribution in [1.82, 2.24) is 0 Å². The zero-order valence-corrected chi connectivity index (χ0v) is 11.6. The third-order valence-corrected chi connectivity index (χ3v) is 4.21. The van der Waals surface area contributed by atoms with E-state index in [1.165, 1.54) is 31.2 Å². The summed E-state index contributed by atoms with van der Waals surface area (Å²) in [6.07, 6.45) is 5.06. The molecule has 0 heterocycles. The molecule has 2 aromatic carbocycles. The predicted octanol–water partition coefficient (Wildman–Crippen LogP) is 4.53. The van der Waals surface area contributed by atoms with E-state index < -0.39 is 0 Å². The van der Waals surface area contributed by atoms with E-state index in [2.05, 4.69) is 35.6 Å². The molecule has 1 aliphatic rings. The van der Waals surface area contributed by atoms with E-state index in [0.717, 1.165) is 5.69 Å². The molecule has 2 atom stereocenters. The summed E-state index contributed by atoms with van der Waals surface area (Å²) < 4.78 is 0. The molecule has 0 amide bonds. The molecule has 2 aromatic rings. The first kappa shape index (κ1) is 13.0. The number of phenols is 1. The number of rotatable bonds is 3. The maximum Gasteiger partial charge on any atom is 0.115 e. The average Bonchev–Trinajstić information content (AvgIpc) is 2.51. The van der Waals surface area contributed by atoms with Crippen molar-refractivity contribution >= 4 is 5.69 Å². The maximum atomic E-state index is 9.36. The Labute approximate surface area is 120 Å². The average molecular weight is 267 g/mol. The lowest BCUT2D eigenvalue weighted by Gasteiger charge is -2.33. The molecule has 1 saturated carbocycles. The quantitative estimate of drug-likeness (QED) is 0.801. The third-order valence-electron chi connectivity index (χ3n) is 4.21. The molecule has 20 heavy (non-hydrogen) atoms. The van der Waals surface area contributed by atoms with Gasteiger partial charge in [-0.05, 0) is 42.7 Å². The van der Waals surface area contributed by atoms with Gasteiger partial charge >= 0.3 is 0 Å². The third kappa shape index (κ3) is 2.96. The molecule has 0 aliphatic heterocycles. The van der Waals surface area contributed by atoms with Gasteiger partial charge in [0.05, 0.1) is 0 Å². The van der Waals surface area contributed by atoms with Crippen LogP contribution in [0.4, 0.5) is 5.69 Å². The van der Waals surface area contributed by atoms with Gasteiger partial charge in [-0.15, -0.1) is 0 Å². The number of aromatic hydroxyl groups is 1. The van der Waals surface area contributed by atoms with E-state index in [9.17, 15) is 5.11 Å². The summed E-state index contributed by atoms with van der Waals surface area (Å²) in [6, 6.07) is 18.7. The Morgan fingerprint density at radius 2 is 1.55 bits per heavy atom. The lowest BCUT2D eigenvalue weighted by molar-refractivity contribution is 0.405. The molecule has 104 valence electrons. The minimum Gasteiger partial charge on any atom is -0.508 e. The van der Waals surface area contributed by atoms with Gasteiger partial charge in [0.2, 0.25) is 0 Å². The number of nitrogens with one attached hydrogen (secondary N) is 1. The second kappa shape index (κ2) is 6.00. The molecule has 0 radical (unpaired) electrons. The molecule has 2 nitrogen and oxygen atoms in total. The van der Waals surface area contributed by atoms with Crippen LogP contribution in [-0.4, -0.2) is 11.1 Å². The van der Waals surface area contributed by atoms with Gasteiger partial charge in [-0.3, -0.25) is 0 Å². The normalized spacial score (nSPS) is 22.4. The van der Waals surface area contributed by atoms with Gasteiger partial charge < -0.3 is 10.4 Å². The highest BCUT2D eigenvalue weighted by Crippen LogP contribution is 2.35. The number of phenolic OH excluding ortho intramolecular Hbond substituents is 1. The summed E-state index contributed by atoms with van der Waals surface area (Å²) in [6.45, 7) is 0. The first-order chi connectivity index (χ1) is 9.83. The summed E-state index contributed by atoms with van der Waals surface area (Å²) in [5.41, 5.74) is 2.53. The fourth-order valence-electron chi connectivity index (χ4n) is 3.17. The number of benzene rings is 2. The van der Waals surface area contributed by atoms with Crippen LogP contribution in [0.1, 0.15) is 37.2 Å². The molecule has 0 saturated heterocycles. The van der Waals surface area contributed by atoms with Crippen LogP contribution in [0.5, 0.6) is 5.75 Å². The molecule has 3 rings (SSSR count). The first-order valence-corrected chi connectivity index (χ1v) is 7.43. The maximum absolute atomic E-state index is 9.36. The number of anilines is 1. The molecule has 0 bridgehead atoms. The Morgan fingerprint density at radius 3 is 2.30 bits per heavy atom. The number of hydrogen-bond acceptors (Lipinski definition) is 2. The van der Waals surface area contributed by atoms with E-state index in [1.54, 1.807) is 12.1 Å². The fourth-order valence-corrected chi connectivity index (χ4v) is 3.17. The monoisotopic (exact) mass is 267 g/mol. The molecule has 1 fully saturated rings. The van der Waals surface area contributed by atoms with Gasteiger partial charge in [-0.25, -0.2) is 0 Å². The van der Waals surface area contributed by atoms with Gasteiger partial charge in [0.1, 0.15) is 5.75 Å². The minimum absolute atomic E-state index is 0.318. The standard InChI is InChI=1S/C18H21NO/c20-16-12-10-15(11-13-16)19-18-9-5-4-8-17(18)14-6-2-1-3-7-14/h1-3,6-7,10-13,17-20H,4-5,8-9H2. The summed E-state index contributed by atoms with van der Waals surface area (Å²) in [4.78, 5) is 0. The SMILES string of the molecule is Oc1ccc(NC2CCCCC2c2ccccc2)cc1.